The highest BCUT2D eigenvalue weighted by atomic mass is 35.5. The zero-order chi connectivity index (χ0) is 16.7. The molecule has 1 rings (SSSR count). The van der Waals surface area contributed by atoms with Crippen molar-refractivity contribution in [1.29, 1.82) is 0 Å². The lowest BCUT2D eigenvalue weighted by molar-refractivity contribution is -0.116. The molecule has 23 heavy (non-hydrogen) atoms. The summed E-state index contributed by atoms with van der Waals surface area (Å²) in [6, 6.07) is 3.57. The average Bonchev–Trinajstić information content (AvgIpc) is 2.45. The predicted molar refractivity (Wildman–Crippen MR) is 83.2 cm³/mol. The van der Waals surface area contributed by atoms with Gasteiger partial charge in [0.15, 0.2) is 0 Å². The van der Waals surface area contributed by atoms with Gasteiger partial charge in [0.05, 0.1) is 18.4 Å². The maximum Gasteiger partial charge on any atom is 0.387 e. The minimum atomic E-state index is -3.09. The van der Waals surface area contributed by atoms with Crippen LogP contribution in [0.15, 0.2) is 18.2 Å². The molecule has 0 fully saturated rings. The van der Waals surface area contributed by atoms with Crippen LogP contribution in [0.5, 0.6) is 5.75 Å². The highest BCUT2D eigenvalue weighted by molar-refractivity contribution is 5.95. The molecule has 0 bridgehead atoms. The number of carbonyl (C=O) groups is 2. The van der Waals surface area contributed by atoms with Gasteiger partial charge in [0, 0.05) is 12.5 Å². The fourth-order valence-corrected chi connectivity index (χ4v) is 1.64. The van der Waals surface area contributed by atoms with Crippen LogP contribution in [-0.4, -0.2) is 31.6 Å². The molecule has 1 aromatic rings. The SMILES string of the molecule is COC(=O)c1ccc(NC(=O)CCC(C)N)c(OC(F)F)c1.Cl. The zero-order valence-electron chi connectivity index (χ0n) is 12.7. The molecule has 1 aromatic carbocycles. The number of amides is 1. The van der Waals surface area contributed by atoms with Crippen LogP contribution in [0.4, 0.5) is 14.5 Å². The molecule has 1 unspecified atom stereocenters. The standard InChI is InChI=1S/C14H18F2N2O4.ClH/c1-8(17)3-6-12(19)18-10-5-4-9(13(20)21-2)7-11(10)22-14(15)16;/h4-5,7-8,14H,3,6,17H2,1-2H3,(H,18,19);1H. The lowest BCUT2D eigenvalue weighted by Gasteiger charge is -2.13. The van der Waals surface area contributed by atoms with Crippen LogP contribution < -0.4 is 15.8 Å². The molecular formula is C14H19ClF2N2O4. The first kappa shape index (κ1) is 21.1. The highest BCUT2D eigenvalue weighted by Gasteiger charge is 2.16. The van der Waals surface area contributed by atoms with Crippen molar-refractivity contribution in [2.45, 2.75) is 32.4 Å². The number of anilines is 1. The summed E-state index contributed by atoms with van der Waals surface area (Å²) in [5, 5.41) is 2.45. The molecule has 9 heteroatoms. The second kappa shape index (κ2) is 9.96. The van der Waals surface area contributed by atoms with Crippen molar-refractivity contribution < 1.29 is 27.8 Å². The quantitative estimate of drug-likeness (QED) is 0.736. The van der Waals surface area contributed by atoms with Crippen molar-refractivity contribution in [3.05, 3.63) is 23.8 Å². The number of carbonyl (C=O) groups excluding carboxylic acids is 2. The Kier molecular flexibility index (Phi) is 9.12. The normalized spacial score (nSPS) is 11.4. The summed E-state index contributed by atoms with van der Waals surface area (Å²) in [6.07, 6.45) is 0.599. The van der Waals surface area contributed by atoms with E-state index in [-0.39, 0.29) is 47.8 Å². The molecule has 0 heterocycles. The van der Waals surface area contributed by atoms with Crippen LogP contribution in [0, 0.1) is 0 Å². The summed E-state index contributed by atoms with van der Waals surface area (Å²) >= 11 is 0. The van der Waals surface area contributed by atoms with E-state index in [1.54, 1.807) is 6.92 Å². The lowest BCUT2D eigenvalue weighted by atomic mass is 10.1. The van der Waals surface area contributed by atoms with Crippen molar-refractivity contribution in [1.82, 2.24) is 0 Å². The number of ether oxygens (including phenoxy) is 2. The van der Waals surface area contributed by atoms with E-state index in [0.29, 0.717) is 6.42 Å². The number of nitrogens with two attached hydrogens (primary N) is 1. The van der Waals surface area contributed by atoms with Gasteiger partial charge in [-0.25, -0.2) is 4.79 Å². The third-order valence-electron chi connectivity index (χ3n) is 2.72. The lowest BCUT2D eigenvalue weighted by Crippen LogP contribution is -2.20. The van der Waals surface area contributed by atoms with Crippen molar-refractivity contribution in [2.75, 3.05) is 12.4 Å². The number of nitrogens with one attached hydrogen (secondary N) is 1. The van der Waals surface area contributed by atoms with Gasteiger partial charge in [-0.3, -0.25) is 4.79 Å². The minimum Gasteiger partial charge on any atom is -0.465 e. The van der Waals surface area contributed by atoms with E-state index in [0.717, 1.165) is 6.07 Å². The van der Waals surface area contributed by atoms with E-state index < -0.39 is 12.6 Å². The van der Waals surface area contributed by atoms with Crippen LogP contribution >= 0.6 is 12.4 Å². The fourth-order valence-electron chi connectivity index (χ4n) is 1.64. The molecule has 0 aromatic heterocycles. The van der Waals surface area contributed by atoms with E-state index >= 15 is 0 Å². The number of rotatable bonds is 7. The molecule has 0 saturated carbocycles. The van der Waals surface area contributed by atoms with Gasteiger partial charge in [-0.05, 0) is 31.5 Å². The van der Waals surface area contributed by atoms with Crippen LogP contribution in [-0.2, 0) is 9.53 Å². The van der Waals surface area contributed by atoms with Gasteiger partial charge in [0.25, 0.3) is 0 Å². The Morgan fingerprint density at radius 2 is 2.00 bits per heavy atom. The molecule has 0 aliphatic rings. The Morgan fingerprint density at radius 1 is 1.35 bits per heavy atom. The largest absolute Gasteiger partial charge is 0.465 e. The summed E-state index contributed by atoms with van der Waals surface area (Å²) in [4.78, 5) is 23.1. The second-order valence-corrected chi connectivity index (χ2v) is 4.65. The molecule has 3 N–H and O–H groups in total. The molecule has 0 aliphatic heterocycles. The third-order valence-corrected chi connectivity index (χ3v) is 2.72. The topological polar surface area (TPSA) is 90.7 Å². The molecular weight excluding hydrogens is 334 g/mol. The van der Waals surface area contributed by atoms with E-state index in [4.69, 9.17) is 5.73 Å². The third kappa shape index (κ3) is 7.25. The molecule has 0 radical (unpaired) electrons. The van der Waals surface area contributed by atoms with Gasteiger partial charge < -0.3 is 20.5 Å². The first-order valence-electron chi connectivity index (χ1n) is 6.56. The second-order valence-electron chi connectivity index (χ2n) is 4.65. The van der Waals surface area contributed by atoms with Crippen molar-refractivity contribution >= 4 is 30.0 Å². The Morgan fingerprint density at radius 3 is 2.52 bits per heavy atom. The molecule has 1 atom stereocenters. The molecule has 0 aliphatic carbocycles. The highest BCUT2D eigenvalue weighted by Crippen LogP contribution is 2.28. The summed E-state index contributed by atoms with van der Waals surface area (Å²) in [6.45, 7) is -1.34. The average molecular weight is 353 g/mol. The van der Waals surface area contributed by atoms with Gasteiger partial charge >= 0.3 is 12.6 Å². The first-order valence-corrected chi connectivity index (χ1v) is 6.56. The number of hydrogen-bond donors (Lipinski definition) is 2. The number of alkyl halides is 2. The number of esters is 1. The van der Waals surface area contributed by atoms with E-state index in [1.807, 2.05) is 0 Å². The maximum atomic E-state index is 12.4. The number of benzene rings is 1. The maximum absolute atomic E-state index is 12.4. The van der Waals surface area contributed by atoms with Gasteiger partial charge in [0.1, 0.15) is 5.75 Å². The van der Waals surface area contributed by atoms with Gasteiger partial charge in [-0.15, -0.1) is 12.4 Å². The zero-order valence-corrected chi connectivity index (χ0v) is 13.5. The molecule has 0 spiro atoms. The minimum absolute atomic E-state index is 0. The van der Waals surface area contributed by atoms with Crippen molar-refractivity contribution in [3.63, 3.8) is 0 Å². The molecule has 1 amide bonds. The molecule has 6 nitrogen and oxygen atoms in total. The summed E-state index contributed by atoms with van der Waals surface area (Å²) in [5.74, 6) is -1.40. The van der Waals surface area contributed by atoms with Crippen molar-refractivity contribution in [3.8, 4) is 5.75 Å². The Bertz CT molecular complexity index is 542. The van der Waals surface area contributed by atoms with Gasteiger partial charge in [-0.2, -0.15) is 8.78 Å². The van der Waals surface area contributed by atoms with E-state index in [9.17, 15) is 18.4 Å². The number of hydrogen-bond acceptors (Lipinski definition) is 5. The predicted octanol–water partition coefficient (Wildman–Crippen LogP) is 2.56. The van der Waals surface area contributed by atoms with Gasteiger partial charge in [0.2, 0.25) is 5.91 Å². The molecule has 0 saturated heterocycles. The Labute approximate surface area is 138 Å². The van der Waals surface area contributed by atoms with Crippen LogP contribution in [0.25, 0.3) is 0 Å². The van der Waals surface area contributed by atoms with E-state index in [1.165, 1.54) is 19.2 Å². The number of methoxy groups -OCH3 is 1. The van der Waals surface area contributed by atoms with Crippen LogP contribution in [0.2, 0.25) is 0 Å². The summed E-state index contributed by atoms with van der Waals surface area (Å²) < 4.78 is 33.7. The van der Waals surface area contributed by atoms with E-state index in [2.05, 4.69) is 14.8 Å². The Hall–Kier alpha value is -1.93. The van der Waals surface area contributed by atoms with Crippen molar-refractivity contribution in [2.24, 2.45) is 5.73 Å². The summed E-state index contributed by atoms with van der Waals surface area (Å²) in [7, 11) is 1.17. The first-order chi connectivity index (χ1) is 10.3. The smallest absolute Gasteiger partial charge is 0.387 e. The number of halogens is 3. The fraction of sp³-hybridized carbons (Fsp3) is 0.429. The van der Waals surface area contributed by atoms with Crippen LogP contribution in [0.3, 0.4) is 0 Å². The summed E-state index contributed by atoms with van der Waals surface area (Å²) in [5.41, 5.74) is 5.62. The molecule has 130 valence electrons. The Balaban J connectivity index is 0.00000484. The monoisotopic (exact) mass is 352 g/mol. The van der Waals surface area contributed by atoms with Gasteiger partial charge in [-0.1, -0.05) is 0 Å². The van der Waals surface area contributed by atoms with Crippen LogP contribution in [0.1, 0.15) is 30.1 Å².